The van der Waals surface area contributed by atoms with Crippen molar-refractivity contribution in [3.63, 3.8) is 0 Å². The number of hydrogen-bond acceptors (Lipinski definition) is 6. The minimum atomic E-state index is -3.54. The molecular weight excluding hydrogens is 346 g/mol. The summed E-state index contributed by atoms with van der Waals surface area (Å²) >= 11 is 7.14. The van der Waals surface area contributed by atoms with E-state index in [1.165, 1.54) is 23.5 Å². The summed E-state index contributed by atoms with van der Waals surface area (Å²) in [5.74, 6) is 0.708. The van der Waals surface area contributed by atoms with Crippen molar-refractivity contribution in [1.29, 1.82) is 0 Å². The van der Waals surface area contributed by atoms with E-state index in [1.807, 2.05) is 6.92 Å². The number of rotatable bonds is 5. The molecule has 2 heterocycles. The zero-order valence-corrected chi connectivity index (χ0v) is 13.9. The van der Waals surface area contributed by atoms with Gasteiger partial charge in [0, 0.05) is 18.0 Å². The van der Waals surface area contributed by atoms with Crippen LogP contribution in [-0.2, 0) is 16.4 Å². The van der Waals surface area contributed by atoms with Gasteiger partial charge in [0.1, 0.15) is 5.01 Å². The Morgan fingerprint density at radius 3 is 2.68 bits per heavy atom. The van der Waals surface area contributed by atoms with Crippen molar-refractivity contribution >= 4 is 37.9 Å². The van der Waals surface area contributed by atoms with E-state index in [-0.39, 0.29) is 11.4 Å². The topological polar surface area (TPSA) is 89.2 Å². The molecule has 0 radical (unpaired) electrons. The summed E-state index contributed by atoms with van der Waals surface area (Å²) < 4.78 is 28.4. The maximum Gasteiger partial charge on any atom is 0.240 e. The lowest BCUT2D eigenvalue weighted by atomic mass is 10.4. The molecule has 7 nitrogen and oxygen atoms in total. The van der Waals surface area contributed by atoms with Gasteiger partial charge in [0.05, 0.1) is 4.90 Å². The Morgan fingerprint density at radius 1 is 1.27 bits per heavy atom. The molecular formula is C12H12ClN5O2S2. The number of halogens is 1. The Hall–Kier alpha value is -1.55. The third-order valence-electron chi connectivity index (χ3n) is 2.94. The van der Waals surface area contributed by atoms with Gasteiger partial charge in [-0.1, -0.05) is 22.9 Å². The average molecular weight is 358 g/mol. The second kappa shape index (κ2) is 5.92. The van der Waals surface area contributed by atoms with Crippen LogP contribution < -0.4 is 4.72 Å². The highest BCUT2D eigenvalue weighted by molar-refractivity contribution is 7.89. The molecule has 0 fully saturated rings. The fourth-order valence-corrected chi connectivity index (χ4v) is 3.88. The molecule has 0 bridgehead atoms. The normalized spacial score (nSPS) is 12.1. The number of nitrogens with one attached hydrogen (secondary N) is 1. The van der Waals surface area contributed by atoms with Gasteiger partial charge in [0.25, 0.3) is 0 Å². The van der Waals surface area contributed by atoms with Gasteiger partial charge in [0.2, 0.25) is 15.0 Å². The Morgan fingerprint density at radius 2 is 2.00 bits per heavy atom. The fraction of sp³-hybridized carbons (Fsp3) is 0.250. The molecule has 2 aromatic heterocycles. The van der Waals surface area contributed by atoms with Gasteiger partial charge in [0.15, 0.2) is 5.82 Å². The van der Waals surface area contributed by atoms with E-state index in [0.29, 0.717) is 22.2 Å². The molecule has 1 N–H and O–H groups in total. The fourth-order valence-electron chi connectivity index (χ4n) is 1.84. The zero-order valence-electron chi connectivity index (χ0n) is 11.5. The largest absolute Gasteiger partial charge is 0.240 e. The summed E-state index contributed by atoms with van der Waals surface area (Å²) in [5, 5.41) is 13.5. The highest BCUT2D eigenvalue weighted by Gasteiger charge is 2.14. The van der Waals surface area contributed by atoms with Gasteiger partial charge >= 0.3 is 0 Å². The highest BCUT2D eigenvalue weighted by Crippen LogP contribution is 2.15. The lowest BCUT2D eigenvalue weighted by molar-refractivity contribution is 0.581. The van der Waals surface area contributed by atoms with E-state index < -0.39 is 10.0 Å². The lowest BCUT2D eigenvalue weighted by Gasteiger charge is -2.05. The second-order valence-corrected chi connectivity index (χ2v) is 7.78. The number of aryl methyl sites for hydroxylation is 1. The molecule has 0 atom stereocenters. The van der Waals surface area contributed by atoms with Crippen LogP contribution in [0.15, 0.2) is 29.2 Å². The molecule has 0 saturated carbocycles. The van der Waals surface area contributed by atoms with E-state index in [2.05, 4.69) is 20.0 Å². The lowest BCUT2D eigenvalue weighted by Crippen LogP contribution is -2.26. The maximum atomic E-state index is 12.1. The van der Waals surface area contributed by atoms with Crippen LogP contribution in [0.4, 0.5) is 0 Å². The first-order chi connectivity index (χ1) is 10.5. The molecule has 0 spiro atoms. The molecule has 0 aliphatic carbocycles. The van der Waals surface area contributed by atoms with Crippen LogP contribution in [0, 0.1) is 6.92 Å². The van der Waals surface area contributed by atoms with Crippen molar-refractivity contribution in [3.05, 3.63) is 40.1 Å². The molecule has 0 aliphatic rings. The molecule has 3 rings (SSSR count). The minimum absolute atomic E-state index is 0.186. The Labute approximate surface area is 136 Å². The summed E-state index contributed by atoms with van der Waals surface area (Å²) in [6.07, 6.45) is 0.486. The van der Waals surface area contributed by atoms with Gasteiger partial charge in [-0.15, -0.1) is 10.2 Å². The highest BCUT2D eigenvalue weighted by atomic mass is 35.5. The summed E-state index contributed by atoms with van der Waals surface area (Å²) in [4.78, 5) is 0.888. The van der Waals surface area contributed by atoms with Crippen molar-refractivity contribution in [2.75, 3.05) is 6.54 Å². The average Bonchev–Trinajstić information content (AvgIpc) is 3.02. The van der Waals surface area contributed by atoms with Crippen molar-refractivity contribution in [1.82, 2.24) is 24.5 Å². The maximum absolute atomic E-state index is 12.1. The first-order valence-electron chi connectivity index (χ1n) is 6.39. The molecule has 3 aromatic rings. The molecule has 0 saturated heterocycles. The standard InChI is InChI=1S/C12H12ClN5O2S2/c1-8-15-16-12-18(8)17-11(21-12)6-7-14-22(19,20)10-4-2-9(13)3-5-10/h2-5,14H,6-7H2,1H3. The predicted octanol–water partition coefficient (Wildman–Crippen LogP) is 1.67. The molecule has 0 unspecified atom stereocenters. The van der Waals surface area contributed by atoms with E-state index in [1.54, 1.807) is 16.6 Å². The van der Waals surface area contributed by atoms with Crippen molar-refractivity contribution < 1.29 is 8.42 Å². The summed E-state index contributed by atoms with van der Waals surface area (Å²) in [6.45, 7) is 2.07. The number of hydrogen-bond donors (Lipinski definition) is 1. The molecule has 1 aromatic carbocycles. The molecule has 10 heteroatoms. The van der Waals surface area contributed by atoms with Gasteiger partial charge in [-0.2, -0.15) is 9.61 Å². The van der Waals surface area contributed by atoms with Crippen LogP contribution >= 0.6 is 22.9 Å². The van der Waals surface area contributed by atoms with E-state index in [0.717, 1.165) is 5.01 Å². The quantitative estimate of drug-likeness (QED) is 0.750. The van der Waals surface area contributed by atoms with Gasteiger partial charge in [-0.25, -0.2) is 13.1 Å². The van der Waals surface area contributed by atoms with Gasteiger partial charge in [-0.3, -0.25) is 0 Å². The monoisotopic (exact) mass is 357 g/mol. The van der Waals surface area contributed by atoms with Crippen molar-refractivity contribution in [2.24, 2.45) is 0 Å². The van der Waals surface area contributed by atoms with E-state index in [4.69, 9.17) is 11.6 Å². The first kappa shape index (κ1) is 15.3. The summed E-state index contributed by atoms with van der Waals surface area (Å²) in [7, 11) is -3.54. The number of aromatic nitrogens is 4. The van der Waals surface area contributed by atoms with E-state index in [9.17, 15) is 8.42 Å². The van der Waals surface area contributed by atoms with Crippen LogP contribution in [0.5, 0.6) is 0 Å². The first-order valence-corrected chi connectivity index (χ1v) is 9.06. The van der Waals surface area contributed by atoms with E-state index >= 15 is 0 Å². The van der Waals surface area contributed by atoms with Gasteiger partial charge < -0.3 is 0 Å². The zero-order chi connectivity index (χ0) is 15.7. The second-order valence-electron chi connectivity index (χ2n) is 4.54. The summed E-state index contributed by atoms with van der Waals surface area (Å²) in [5.41, 5.74) is 0. The van der Waals surface area contributed by atoms with Crippen LogP contribution in [0.25, 0.3) is 4.96 Å². The number of sulfonamides is 1. The third kappa shape index (κ3) is 3.12. The molecule has 116 valence electrons. The summed E-state index contributed by atoms with van der Waals surface area (Å²) in [6, 6.07) is 6.03. The Balaban J connectivity index is 1.65. The van der Waals surface area contributed by atoms with Crippen LogP contribution in [-0.4, -0.2) is 34.8 Å². The molecule has 0 amide bonds. The Bertz CT molecular complexity index is 901. The predicted molar refractivity (Wildman–Crippen MR) is 83.7 cm³/mol. The number of benzene rings is 1. The van der Waals surface area contributed by atoms with Gasteiger partial charge in [-0.05, 0) is 31.2 Å². The number of nitrogens with zero attached hydrogens (tertiary/aromatic N) is 4. The van der Waals surface area contributed by atoms with Crippen molar-refractivity contribution in [3.8, 4) is 0 Å². The van der Waals surface area contributed by atoms with Crippen molar-refractivity contribution in [2.45, 2.75) is 18.2 Å². The van der Waals surface area contributed by atoms with Crippen LogP contribution in [0.3, 0.4) is 0 Å². The SMILES string of the molecule is Cc1nnc2sc(CCNS(=O)(=O)c3ccc(Cl)cc3)nn12. The smallest absolute Gasteiger partial charge is 0.211 e. The third-order valence-corrected chi connectivity index (χ3v) is 5.63. The molecule has 0 aliphatic heterocycles. The van der Waals surface area contributed by atoms with Crippen LogP contribution in [0.2, 0.25) is 5.02 Å². The van der Waals surface area contributed by atoms with Crippen LogP contribution in [0.1, 0.15) is 10.8 Å². The number of fused-ring (bicyclic) bond motifs is 1. The molecule has 22 heavy (non-hydrogen) atoms. The Kier molecular flexibility index (Phi) is 4.13. The minimum Gasteiger partial charge on any atom is -0.211 e.